The van der Waals surface area contributed by atoms with Crippen molar-refractivity contribution < 1.29 is 13.6 Å². The predicted molar refractivity (Wildman–Crippen MR) is 63.5 cm³/mol. The van der Waals surface area contributed by atoms with E-state index in [-0.39, 0.29) is 18.3 Å². The van der Waals surface area contributed by atoms with E-state index >= 15 is 0 Å². The van der Waals surface area contributed by atoms with Gasteiger partial charge >= 0.3 is 0 Å². The highest BCUT2D eigenvalue weighted by atomic mass is 35.5. The van der Waals surface area contributed by atoms with Crippen LogP contribution in [0.25, 0.3) is 0 Å². The molecule has 1 aliphatic carbocycles. The maximum atomic E-state index is 12.1. The van der Waals surface area contributed by atoms with Gasteiger partial charge in [0, 0.05) is 6.54 Å². The van der Waals surface area contributed by atoms with Crippen molar-refractivity contribution in [3.8, 4) is 0 Å². The first kappa shape index (κ1) is 14.6. The van der Waals surface area contributed by atoms with Crippen molar-refractivity contribution in [2.75, 3.05) is 19.6 Å². The molecule has 0 radical (unpaired) electrons. The highest BCUT2D eigenvalue weighted by Crippen LogP contribution is 2.43. The lowest BCUT2D eigenvalue weighted by Gasteiger charge is -2.37. The molecular weight excluding hydrogens is 250 g/mol. The summed E-state index contributed by atoms with van der Waals surface area (Å²) in [4.78, 5) is 12.0. The molecule has 3 nitrogen and oxygen atoms in total. The molecule has 2 N–H and O–H groups in total. The number of amides is 1. The standard InChI is InChI=1S/C11H18F2N2O.ClH/c12-9(13)6-15-10(16)11-4-2-1-3-8(11)5-14-7-11;/h8-9,14H,1-7H2,(H,15,16);1H/t8-,11+;/m0./s1. The molecule has 2 fully saturated rings. The lowest BCUT2D eigenvalue weighted by atomic mass is 9.67. The molecule has 2 atom stereocenters. The van der Waals surface area contributed by atoms with Gasteiger partial charge < -0.3 is 10.6 Å². The van der Waals surface area contributed by atoms with Crippen LogP contribution in [0.5, 0.6) is 0 Å². The molecule has 0 spiro atoms. The summed E-state index contributed by atoms with van der Waals surface area (Å²) in [5.74, 6) is 0.154. The fourth-order valence-electron chi connectivity index (χ4n) is 3.04. The van der Waals surface area contributed by atoms with Gasteiger partial charge in [0.15, 0.2) is 0 Å². The second-order valence-electron chi connectivity index (χ2n) is 4.83. The number of carbonyl (C=O) groups excluding carboxylic acids is 1. The number of hydrogen-bond donors (Lipinski definition) is 2. The summed E-state index contributed by atoms with van der Waals surface area (Å²) in [5, 5.41) is 5.61. The maximum absolute atomic E-state index is 12.1. The number of halogens is 3. The summed E-state index contributed by atoms with van der Waals surface area (Å²) in [6, 6.07) is 0. The Hall–Kier alpha value is -0.420. The number of rotatable bonds is 3. The van der Waals surface area contributed by atoms with Gasteiger partial charge in [0.25, 0.3) is 6.43 Å². The third-order valence-corrected chi connectivity index (χ3v) is 3.91. The molecule has 0 bridgehead atoms. The van der Waals surface area contributed by atoms with Gasteiger partial charge in [0.1, 0.15) is 0 Å². The van der Waals surface area contributed by atoms with Gasteiger partial charge in [-0.05, 0) is 25.3 Å². The van der Waals surface area contributed by atoms with Crippen LogP contribution in [0.4, 0.5) is 8.78 Å². The zero-order valence-corrected chi connectivity index (χ0v) is 10.5. The van der Waals surface area contributed by atoms with Crippen LogP contribution in [0.3, 0.4) is 0 Å². The summed E-state index contributed by atoms with van der Waals surface area (Å²) >= 11 is 0. The van der Waals surface area contributed by atoms with Crippen LogP contribution in [0.15, 0.2) is 0 Å². The minimum atomic E-state index is -2.46. The SMILES string of the molecule is Cl.O=C(NCC(F)F)[C@@]12CCCC[C@H]1CNC2. The highest BCUT2D eigenvalue weighted by molar-refractivity contribution is 5.85. The summed E-state index contributed by atoms with van der Waals surface area (Å²) < 4.78 is 24.1. The number of hydrogen-bond acceptors (Lipinski definition) is 2. The Bertz CT molecular complexity index is 278. The minimum absolute atomic E-state index is 0. The Labute approximate surface area is 106 Å². The molecule has 1 amide bonds. The molecule has 17 heavy (non-hydrogen) atoms. The summed E-state index contributed by atoms with van der Waals surface area (Å²) in [5.41, 5.74) is -0.410. The zero-order valence-electron chi connectivity index (χ0n) is 9.68. The highest BCUT2D eigenvalue weighted by Gasteiger charge is 2.49. The molecule has 2 rings (SSSR count). The van der Waals surface area contributed by atoms with Crippen LogP contribution < -0.4 is 10.6 Å². The van der Waals surface area contributed by atoms with Crippen molar-refractivity contribution in [2.45, 2.75) is 32.1 Å². The largest absolute Gasteiger partial charge is 0.350 e. The molecule has 1 saturated carbocycles. The molecule has 0 aromatic rings. The smallest absolute Gasteiger partial charge is 0.255 e. The second kappa shape index (κ2) is 5.96. The molecule has 2 aliphatic rings. The first-order valence-electron chi connectivity index (χ1n) is 5.92. The molecule has 1 aliphatic heterocycles. The molecule has 100 valence electrons. The molecule has 1 heterocycles. The molecule has 0 aromatic carbocycles. The van der Waals surface area contributed by atoms with Crippen molar-refractivity contribution in [1.82, 2.24) is 10.6 Å². The van der Waals surface area contributed by atoms with E-state index in [4.69, 9.17) is 0 Å². The van der Waals surface area contributed by atoms with Crippen LogP contribution in [0.2, 0.25) is 0 Å². The van der Waals surface area contributed by atoms with E-state index in [2.05, 4.69) is 10.6 Å². The Kier molecular flexibility index (Phi) is 5.13. The molecule has 0 unspecified atom stereocenters. The normalized spacial score (nSPS) is 31.8. The second-order valence-corrected chi connectivity index (χ2v) is 4.83. The van der Waals surface area contributed by atoms with Crippen LogP contribution in [-0.4, -0.2) is 32.0 Å². The van der Waals surface area contributed by atoms with E-state index < -0.39 is 18.4 Å². The quantitative estimate of drug-likeness (QED) is 0.816. The van der Waals surface area contributed by atoms with E-state index in [1.165, 1.54) is 0 Å². The third-order valence-electron chi connectivity index (χ3n) is 3.91. The van der Waals surface area contributed by atoms with Crippen molar-refractivity contribution in [3.63, 3.8) is 0 Å². The Morgan fingerprint density at radius 2 is 2.24 bits per heavy atom. The molecule has 1 saturated heterocycles. The third kappa shape index (κ3) is 2.88. The monoisotopic (exact) mass is 268 g/mol. The van der Waals surface area contributed by atoms with Gasteiger partial charge in [-0.15, -0.1) is 12.4 Å². The number of carbonyl (C=O) groups is 1. The van der Waals surface area contributed by atoms with Gasteiger partial charge in [0.05, 0.1) is 12.0 Å². The van der Waals surface area contributed by atoms with E-state index in [1.807, 2.05) is 0 Å². The minimum Gasteiger partial charge on any atom is -0.350 e. The Balaban J connectivity index is 0.00000144. The van der Waals surface area contributed by atoms with Gasteiger partial charge in [-0.1, -0.05) is 12.8 Å². The molecule has 6 heteroatoms. The molecule has 0 aromatic heterocycles. The van der Waals surface area contributed by atoms with Crippen LogP contribution in [0.1, 0.15) is 25.7 Å². The maximum Gasteiger partial charge on any atom is 0.255 e. The van der Waals surface area contributed by atoms with E-state index in [0.717, 1.165) is 32.2 Å². The van der Waals surface area contributed by atoms with Crippen LogP contribution in [0, 0.1) is 11.3 Å². The first-order chi connectivity index (χ1) is 7.65. The number of alkyl halides is 2. The topological polar surface area (TPSA) is 41.1 Å². The van der Waals surface area contributed by atoms with E-state index in [1.54, 1.807) is 0 Å². The zero-order chi connectivity index (χ0) is 11.6. The van der Waals surface area contributed by atoms with Crippen molar-refractivity contribution in [3.05, 3.63) is 0 Å². The summed E-state index contributed by atoms with van der Waals surface area (Å²) in [7, 11) is 0. The van der Waals surface area contributed by atoms with Crippen molar-refractivity contribution >= 4 is 18.3 Å². The van der Waals surface area contributed by atoms with Gasteiger partial charge in [-0.2, -0.15) is 0 Å². The number of nitrogens with one attached hydrogen (secondary N) is 2. The number of fused-ring (bicyclic) bond motifs is 1. The van der Waals surface area contributed by atoms with E-state index in [9.17, 15) is 13.6 Å². The lowest BCUT2D eigenvalue weighted by molar-refractivity contribution is -0.134. The predicted octanol–water partition coefficient (Wildman–Crippen LogP) is 1.57. The fraction of sp³-hybridized carbons (Fsp3) is 0.909. The summed E-state index contributed by atoms with van der Waals surface area (Å²) in [6.07, 6.45) is 1.59. The van der Waals surface area contributed by atoms with Crippen molar-refractivity contribution in [2.24, 2.45) is 11.3 Å². The molecular formula is C11H19ClF2N2O. The average molecular weight is 269 g/mol. The average Bonchev–Trinajstić information content (AvgIpc) is 2.70. The van der Waals surface area contributed by atoms with Crippen molar-refractivity contribution in [1.29, 1.82) is 0 Å². The summed E-state index contributed by atoms with van der Waals surface area (Å²) in [6.45, 7) is 0.974. The van der Waals surface area contributed by atoms with Gasteiger partial charge in [-0.3, -0.25) is 4.79 Å². The first-order valence-corrected chi connectivity index (χ1v) is 5.92. The Morgan fingerprint density at radius 1 is 1.47 bits per heavy atom. The van der Waals surface area contributed by atoms with Crippen LogP contribution in [-0.2, 0) is 4.79 Å². The van der Waals surface area contributed by atoms with Gasteiger partial charge in [0.2, 0.25) is 5.91 Å². The van der Waals surface area contributed by atoms with E-state index in [0.29, 0.717) is 12.5 Å². The van der Waals surface area contributed by atoms with Gasteiger partial charge in [-0.25, -0.2) is 8.78 Å². The fourth-order valence-corrected chi connectivity index (χ4v) is 3.04. The lowest BCUT2D eigenvalue weighted by Crippen LogP contribution is -2.48. The van der Waals surface area contributed by atoms with Crippen LogP contribution >= 0.6 is 12.4 Å². The Morgan fingerprint density at radius 3 is 2.94 bits per heavy atom.